The quantitative estimate of drug-likeness (QED) is 0.743. The van der Waals surface area contributed by atoms with Crippen LogP contribution in [0.5, 0.6) is 0 Å². The second-order valence-electron chi connectivity index (χ2n) is 5.33. The maximum atomic E-state index is 12.1. The number of rotatable bonds is 3. The van der Waals surface area contributed by atoms with Crippen molar-refractivity contribution in [2.24, 2.45) is 10.8 Å². The van der Waals surface area contributed by atoms with E-state index in [-0.39, 0.29) is 23.3 Å². The number of carbonyl (C=O) groups is 2. The Labute approximate surface area is 96.7 Å². The highest BCUT2D eigenvalue weighted by Gasteiger charge is 2.50. The van der Waals surface area contributed by atoms with Gasteiger partial charge < -0.3 is 10.1 Å². The van der Waals surface area contributed by atoms with Gasteiger partial charge in [-0.2, -0.15) is 0 Å². The van der Waals surface area contributed by atoms with E-state index in [1.807, 2.05) is 6.92 Å². The number of hydrogen-bond donors (Lipinski definition) is 1. The Morgan fingerprint density at radius 2 is 1.88 bits per heavy atom. The van der Waals surface area contributed by atoms with Crippen LogP contribution in [0.1, 0.15) is 40.0 Å². The molecule has 0 aromatic rings. The minimum absolute atomic E-state index is 0.00674. The predicted molar refractivity (Wildman–Crippen MR) is 60.8 cm³/mol. The molecule has 1 saturated carbocycles. The lowest BCUT2D eigenvalue weighted by Crippen LogP contribution is -2.46. The maximum absolute atomic E-state index is 12.1. The molecule has 1 amide bonds. The van der Waals surface area contributed by atoms with Gasteiger partial charge in [-0.1, -0.05) is 27.2 Å². The summed E-state index contributed by atoms with van der Waals surface area (Å²) in [6.45, 7) is 6.16. The molecule has 0 saturated heterocycles. The smallest absolute Gasteiger partial charge is 0.325 e. The molecule has 1 unspecified atom stereocenters. The molecule has 1 aliphatic rings. The van der Waals surface area contributed by atoms with Gasteiger partial charge in [0.15, 0.2) is 0 Å². The summed E-state index contributed by atoms with van der Waals surface area (Å²) in [7, 11) is 1.32. The number of methoxy groups -OCH3 is 1. The van der Waals surface area contributed by atoms with E-state index in [0.717, 1.165) is 19.3 Å². The van der Waals surface area contributed by atoms with E-state index in [1.54, 1.807) is 0 Å². The maximum Gasteiger partial charge on any atom is 0.325 e. The van der Waals surface area contributed by atoms with E-state index >= 15 is 0 Å². The van der Waals surface area contributed by atoms with E-state index in [1.165, 1.54) is 7.11 Å². The summed E-state index contributed by atoms with van der Waals surface area (Å²) in [5.41, 5.74) is -0.381. The Bertz CT molecular complexity index is 299. The van der Waals surface area contributed by atoms with Crippen molar-refractivity contribution in [3.05, 3.63) is 0 Å². The van der Waals surface area contributed by atoms with Crippen LogP contribution in [-0.2, 0) is 14.3 Å². The molecule has 0 radical (unpaired) electrons. The molecule has 0 aliphatic heterocycles. The zero-order valence-electron chi connectivity index (χ0n) is 10.6. The van der Waals surface area contributed by atoms with Crippen molar-refractivity contribution in [3.8, 4) is 0 Å². The van der Waals surface area contributed by atoms with Gasteiger partial charge in [-0.05, 0) is 18.3 Å². The molecular weight excluding hydrogens is 206 g/mol. The van der Waals surface area contributed by atoms with E-state index in [9.17, 15) is 9.59 Å². The number of ether oxygens (including phenoxy) is 1. The van der Waals surface area contributed by atoms with E-state index in [2.05, 4.69) is 23.9 Å². The number of nitrogens with one attached hydrogen (secondary N) is 1. The van der Waals surface area contributed by atoms with Crippen LogP contribution in [0.15, 0.2) is 0 Å². The first-order valence-corrected chi connectivity index (χ1v) is 5.68. The molecule has 92 valence electrons. The zero-order valence-corrected chi connectivity index (χ0v) is 10.6. The minimum Gasteiger partial charge on any atom is -0.468 e. The lowest BCUT2D eigenvalue weighted by Gasteiger charge is -2.36. The van der Waals surface area contributed by atoms with Crippen LogP contribution < -0.4 is 5.32 Å². The minimum atomic E-state index is -0.409. The average molecular weight is 227 g/mol. The monoisotopic (exact) mass is 227 g/mol. The third kappa shape index (κ3) is 2.20. The molecule has 16 heavy (non-hydrogen) atoms. The van der Waals surface area contributed by atoms with Crippen molar-refractivity contribution >= 4 is 11.9 Å². The SMILES string of the molecule is COC(=O)CNC(=O)C1(C)CCCC1(C)C. The van der Waals surface area contributed by atoms with Crippen molar-refractivity contribution in [1.29, 1.82) is 0 Å². The van der Waals surface area contributed by atoms with Gasteiger partial charge in [0.05, 0.1) is 12.5 Å². The van der Waals surface area contributed by atoms with Crippen LogP contribution in [-0.4, -0.2) is 25.5 Å². The predicted octanol–water partition coefficient (Wildman–Crippen LogP) is 1.49. The van der Waals surface area contributed by atoms with Gasteiger partial charge in [0.1, 0.15) is 6.54 Å². The third-order valence-corrected chi connectivity index (χ3v) is 4.09. The highest BCUT2D eigenvalue weighted by molar-refractivity contribution is 5.86. The Morgan fingerprint density at radius 1 is 1.25 bits per heavy atom. The summed E-state index contributed by atoms with van der Waals surface area (Å²) in [5, 5.41) is 2.66. The first-order valence-electron chi connectivity index (χ1n) is 5.68. The molecule has 1 fully saturated rings. The standard InChI is InChI=1S/C12H21NO3/c1-11(2)6-5-7-12(11,3)10(15)13-8-9(14)16-4/h5-8H2,1-4H3,(H,13,15). The molecule has 4 heteroatoms. The topological polar surface area (TPSA) is 55.4 Å². The lowest BCUT2D eigenvalue weighted by molar-refractivity contribution is -0.144. The van der Waals surface area contributed by atoms with Gasteiger partial charge in [-0.3, -0.25) is 9.59 Å². The number of amides is 1. The molecular formula is C12H21NO3. The molecule has 0 aromatic carbocycles. The fraction of sp³-hybridized carbons (Fsp3) is 0.833. The molecule has 0 spiro atoms. The van der Waals surface area contributed by atoms with E-state index < -0.39 is 5.97 Å². The first-order chi connectivity index (χ1) is 7.33. The third-order valence-electron chi connectivity index (χ3n) is 4.09. The molecule has 0 heterocycles. The summed E-state index contributed by atoms with van der Waals surface area (Å²) in [5.74, 6) is -0.451. The molecule has 1 atom stereocenters. The summed E-state index contributed by atoms with van der Waals surface area (Å²) in [4.78, 5) is 23.0. The summed E-state index contributed by atoms with van der Waals surface area (Å²) < 4.78 is 4.49. The zero-order chi connectivity index (χ0) is 12.4. The normalized spacial score (nSPS) is 27.5. The lowest BCUT2D eigenvalue weighted by atomic mass is 9.69. The Morgan fingerprint density at radius 3 is 2.31 bits per heavy atom. The van der Waals surface area contributed by atoms with Crippen LogP contribution in [0, 0.1) is 10.8 Å². The Kier molecular flexibility index (Phi) is 3.61. The number of hydrogen-bond acceptors (Lipinski definition) is 3. The van der Waals surface area contributed by atoms with Crippen LogP contribution in [0.3, 0.4) is 0 Å². The largest absolute Gasteiger partial charge is 0.468 e. The second kappa shape index (κ2) is 4.44. The first kappa shape index (κ1) is 13.0. The van der Waals surface area contributed by atoms with E-state index in [4.69, 9.17) is 0 Å². The van der Waals surface area contributed by atoms with Crippen molar-refractivity contribution < 1.29 is 14.3 Å². The van der Waals surface area contributed by atoms with Crippen LogP contribution in [0.25, 0.3) is 0 Å². The van der Waals surface area contributed by atoms with Gasteiger partial charge in [-0.15, -0.1) is 0 Å². The van der Waals surface area contributed by atoms with Crippen LogP contribution in [0.2, 0.25) is 0 Å². The van der Waals surface area contributed by atoms with Gasteiger partial charge in [-0.25, -0.2) is 0 Å². The van der Waals surface area contributed by atoms with Crippen molar-refractivity contribution in [1.82, 2.24) is 5.32 Å². The Balaban J connectivity index is 2.63. The number of esters is 1. The van der Waals surface area contributed by atoms with Gasteiger partial charge in [0.2, 0.25) is 5.91 Å². The van der Waals surface area contributed by atoms with Crippen molar-refractivity contribution in [2.45, 2.75) is 40.0 Å². The average Bonchev–Trinajstić information content (AvgIpc) is 2.50. The number of carbonyl (C=O) groups excluding carboxylic acids is 2. The Hall–Kier alpha value is -1.06. The van der Waals surface area contributed by atoms with Crippen LogP contribution >= 0.6 is 0 Å². The summed E-state index contributed by atoms with van der Waals surface area (Å²) in [6.07, 6.45) is 3.00. The van der Waals surface area contributed by atoms with Gasteiger partial charge in [0.25, 0.3) is 0 Å². The van der Waals surface area contributed by atoms with Crippen molar-refractivity contribution in [3.63, 3.8) is 0 Å². The molecule has 0 aromatic heterocycles. The van der Waals surface area contributed by atoms with Gasteiger partial charge >= 0.3 is 5.97 Å². The molecule has 1 rings (SSSR count). The van der Waals surface area contributed by atoms with Gasteiger partial charge in [0, 0.05) is 0 Å². The highest BCUT2D eigenvalue weighted by atomic mass is 16.5. The highest BCUT2D eigenvalue weighted by Crippen LogP contribution is 2.52. The summed E-state index contributed by atoms with van der Waals surface area (Å²) >= 11 is 0. The molecule has 4 nitrogen and oxygen atoms in total. The summed E-state index contributed by atoms with van der Waals surface area (Å²) in [6, 6.07) is 0. The molecule has 1 N–H and O–H groups in total. The van der Waals surface area contributed by atoms with Crippen molar-refractivity contribution in [2.75, 3.05) is 13.7 Å². The molecule has 1 aliphatic carbocycles. The second-order valence-corrected chi connectivity index (χ2v) is 5.33. The molecule has 0 bridgehead atoms. The van der Waals surface area contributed by atoms with E-state index in [0.29, 0.717) is 0 Å². The fourth-order valence-corrected chi connectivity index (χ4v) is 2.34. The van der Waals surface area contributed by atoms with Crippen LogP contribution in [0.4, 0.5) is 0 Å². The fourth-order valence-electron chi connectivity index (χ4n) is 2.34.